The van der Waals surface area contributed by atoms with Crippen molar-refractivity contribution in [1.29, 1.82) is 0 Å². The standard InChI is InChI=1S/C27H28N4O2S2.C22H21BrN4O2S2.2C18H15P.C5H9BO2.2ClH.Pd/c1-30-13-11-20(12-14-30)27-29-25(18-34-27)24-17-31(35(32,33)22-9-3-2-4-10-22)26-23(24)15-21(16-28-26)19-7-5-6-8-19;1-26-9-7-15(8-10-26)22-25-20(14-30-22)19-13-27(21-18(19)11-16(23)12-24-21)31(28,29)17-5-3-2-4-6-17;2*1-4-10-16(11-5-1)19(17-12-6-2-7-13-17)18-14-8-3-9-15-18;7-6(8)5-3-1-2-4-5;;;/h2-4,7,9-10,15-18,20H,5-6,8,11-14H2,1H3;2-6,11-15H,7-10H2,1H3;2*1-15H;3,7-8H,1-2,4H2;2*1H;/q;;;;;;;+2/p-2. The Morgan fingerprint density at radius 1 is 0.470 bits per heavy atom. The molecule has 2 saturated heterocycles. The van der Waals surface area contributed by atoms with Gasteiger partial charge in [-0.2, -0.15) is 0 Å². The first-order chi connectivity index (χ1) is 56.1. The van der Waals surface area contributed by atoms with E-state index in [-0.39, 0.29) is 25.7 Å². The molecular formula is C90H88BBrCl2N8O6P2PdS4. The maximum atomic E-state index is 13.6. The number of halogens is 3. The molecule has 2 aliphatic carbocycles. The second kappa shape index (κ2) is 41.6. The summed E-state index contributed by atoms with van der Waals surface area (Å²) in [6.45, 7) is 4.31. The summed E-state index contributed by atoms with van der Waals surface area (Å²) in [5.41, 5.74) is 7.20. The zero-order valence-corrected chi connectivity index (χ0v) is 73.3. The van der Waals surface area contributed by atoms with E-state index in [1.54, 1.807) is 95.9 Å². The van der Waals surface area contributed by atoms with Crippen LogP contribution in [0.15, 0.2) is 322 Å². The molecule has 2 fully saturated rings. The van der Waals surface area contributed by atoms with Crippen LogP contribution in [0.3, 0.4) is 0 Å². The van der Waals surface area contributed by atoms with E-state index in [9.17, 15) is 16.8 Å². The Balaban J connectivity index is 0.000000131. The number of fused-ring (bicyclic) bond motifs is 2. The molecule has 2 N–H and O–H groups in total. The average Bonchev–Trinajstić information content (AvgIpc) is 1.60. The van der Waals surface area contributed by atoms with E-state index in [1.807, 2.05) is 29.8 Å². The number of piperidine rings is 2. The minimum Gasteiger partial charge on any atom is -0.0622 e. The summed E-state index contributed by atoms with van der Waals surface area (Å²) < 4.78 is 57.3. The van der Waals surface area contributed by atoms with Gasteiger partial charge >= 0.3 is 42.1 Å². The number of likely N-dealkylation sites (tertiary alicyclic amines) is 2. The zero-order chi connectivity index (χ0) is 80.1. The smallest absolute Gasteiger partial charge is 0.0134 e. The van der Waals surface area contributed by atoms with Crippen molar-refractivity contribution in [3.8, 4) is 22.5 Å². The first kappa shape index (κ1) is 85.2. The molecule has 0 amide bonds. The van der Waals surface area contributed by atoms with Crippen LogP contribution in [0.1, 0.15) is 91.6 Å². The van der Waals surface area contributed by atoms with Crippen LogP contribution in [0, 0.1) is 0 Å². The number of pyridine rings is 2. The Kier molecular flexibility index (Phi) is 30.8. The van der Waals surface area contributed by atoms with Gasteiger partial charge in [0.2, 0.25) is 0 Å². The predicted octanol–water partition coefficient (Wildman–Crippen LogP) is 19.1. The molecule has 0 saturated carbocycles. The van der Waals surface area contributed by atoms with Crippen LogP contribution < -0.4 is 31.8 Å². The summed E-state index contributed by atoms with van der Waals surface area (Å²) >= 11 is 6.71. The molecule has 8 heterocycles. The number of allylic oxidation sites excluding steroid dienone is 4. The molecule has 592 valence electrons. The van der Waals surface area contributed by atoms with Crippen LogP contribution >= 0.6 is 73.5 Å². The van der Waals surface area contributed by atoms with Crippen molar-refractivity contribution in [3.05, 3.63) is 328 Å². The number of hydrogen-bond donors (Lipinski definition) is 2. The molecule has 14 aromatic rings. The van der Waals surface area contributed by atoms with Crippen molar-refractivity contribution in [2.75, 3.05) is 40.3 Å². The van der Waals surface area contributed by atoms with Gasteiger partial charge in [0.1, 0.15) is 0 Å². The maximum Gasteiger partial charge on any atom is -0.0134 e. The number of hydrogen-bond acceptors (Lipinski definition) is 14. The molecule has 0 spiro atoms. The maximum absolute atomic E-state index is 13.6. The fraction of sp³-hybridized carbons (Fsp3) is 0.200. The second-order valence-electron chi connectivity index (χ2n) is 28.1. The van der Waals surface area contributed by atoms with Gasteiger partial charge in [-0.3, -0.25) is 0 Å². The Morgan fingerprint density at radius 3 is 1.12 bits per heavy atom. The molecule has 0 bridgehead atoms. The van der Waals surface area contributed by atoms with Gasteiger partial charge in [-0.05, 0) is 221 Å². The third-order valence-electron chi connectivity index (χ3n) is 20.4. The molecule has 0 unspecified atom stereocenters. The number of nitrogens with zero attached hydrogens (tertiary/aromatic N) is 8. The monoisotopic (exact) mass is 1830 g/mol. The largest absolute Gasteiger partial charge is 0.0622 e. The molecular weight excluding hydrogens is 1750 g/mol. The molecule has 14 nitrogen and oxygen atoms in total. The van der Waals surface area contributed by atoms with Gasteiger partial charge in [-0.25, -0.2) is 44.7 Å². The van der Waals surface area contributed by atoms with Gasteiger partial charge in [0.05, 0.1) is 31.2 Å². The van der Waals surface area contributed by atoms with Gasteiger partial charge in [-0.15, -0.1) is 22.7 Å². The average molecular weight is 1840 g/mol. The quantitative estimate of drug-likeness (QED) is 0.0692. The van der Waals surface area contributed by atoms with Crippen LogP contribution in [0.25, 0.3) is 50.2 Å². The number of thiazole rings is 2. The Hall–Kier alpha value is -7.73. The zero-order valence-electron chi connectivity index (χ0n) is 63.6. The molecule has 18 rings (SSSR count). The summed E-state index contributed by atoms with van der Waals surface area (Å²) in [4.78, 5) is 24.2. The van der Waals surface area contributed by atoms with Gasteiger partial charge in [0, 0.05) is 73.8 Å². The SMILES string of the molecule is CN1CCC(c2nc(-c3cn(S(=O)(=O)c4ccccc4)c4ncc(Br)cc34)cs2)CC1.CN1CCC(c2nc(-c3cn(S(=O)(=O)c4ccccc4)c4ncc(C5=CCCC5)cc34)cs2)CC1.OB(O)C1=CCCC1.[Cl][Pd][Cl].c1ccc(P(c2ccccc2)c2ccccc2)cc1.c1ccc(P(c2ccccc2)c2ccccc2)cc1. The van der Waals surface area contributed by atoms with Crippen molar-refractivity contribution in [2.24, 2.45) is 0 Å². The van der Waals surface area contributed by atoms with E-state index in [1.165, 1.54) is 45.3 Å². The van der Waals surface area contributed by atoms with Crippen LogP contribution in [0.2, 0.25) is 0 Å². The van der Waals surface area contributed by atoms with Gasteiger partial charge < -0.3 is 19.8 Å². The van der Waals surface area contributed by atoms with Crippen LogP contribution in [-0.2, 0) is 36.0 Å². The van der Waals surface area contributed by atoms with E-state index >= 15 is 0 Å². The van der Waals surface area contributed by atoms with E-state index in [4.69, 9.17) is 39.1 Å². The molecule has 0 radical (unpaired) electrons. The summed E-state index contributed by atoms with van der Waals surface area (Å²) in [5.74, 6) is 0.921. The predicted molar refractivity (Wildman–Crippen MR) is 482 cm³/mol. The summed E-state index contributed by atoms with van der Waals surface area (Å²) in [7, 11) is 4.28. The van der Waals surface area contributed by atoms with Crippen molar-refractivity contribution in [3.63, 3.8) is 0 Å². The minimum absolute atomic E-state index is 0.106. The second-order valence-corrected chi connectivity index (χ2v) is 41.3. The van der Waals surface area contributed by atoms with Crippen LogP contribution in [0.4, 0.5) is 0 Å². The normalized spacial score (nSPS) is 14.8. The van der Waals surface area contributed by atoms with Crippen LogP contribution in [0.5, 0.6) is 0 Å². The number of benzene rings is 8. The summed E-state index contributed by atoms with van der Waals surface area (Å²) in [6, 6.07) is 85.6. The molecule has 115 heavy (non-hydrogen) atoms. The van der Waals surface area contributed by atoms with E-state index < -0.39 is 43.0 Å². The Labute approximate surface area is 710 Å². The first-order valence-electron chi connectivity index (χ1n) is 38.1. The van der Waals surface area contributed by atoms with Crippen molar-refractivity contribution < 1.29 is 42.8 Å². The molecule has 6 aromatic heterocycles. The molecule has 0 atom stereocenters. The Bertz CT molecular complexity index is 5440. The summed E-state index contributed by atoms with van der Waals surface area (Å²) in [5, 5.41) is 33.4. The third-order valence-corrected chi connectivity index (χ3v) is 31.1. The minimum atomic E-state index is -3.79. The van der Waals surface area contributed by atoms with Gasteiger partial charge in [-0.1, -0.05) is 231 Å². The number of aromatic nitrogens is 6. The first-order valence-corrected chi connectivity index (χ1v) is 50.2. The van der Waals surface area contributed by atoms with Crippen molar-refractivity contribution in [2.45, 2.75) is 85.8 Å². The molecule has 25 heteroatoms. The molecule has 8 aromatic carbocycles. The molecule has 4 aliphatic rings. The van der Waals surface area contributed by atoms with E-state index in [0.29, 0.717) is 23.1 Å². The number of rotatable bonds is 16. The van der Waals surface area contributed by atoms with E-state index in [0.717, 1.165) is 149 Å². The Morgan fingerprint density at radius 2 is 0.800 bits per heavy atom. The van der Waals surface area contributed by atoms with Crippen LogP contribution in [-0.4, -0.2) is 112 Å². The fourth-order valence-electron chi connectivity index (χ4n) is 14.4. The van der Waals surface area contributed by atoms with Gasteiger partial charge in [0.25, 0.3) is 20.0 Å². The van der Waals surface area contributed by atoms with Crippen molar-refractivity contribution in [1.82, 2.24) is 37.7 Å². The van der Waals surface area contributed by atoms with Gasteiger partial charge in [0.15, 0.2) is 11.3 Å². The van der Waals surface area contributed by atoms with E-state index in [2.05, 4.69) is 249 Å². The fourth-order valence-corrected chi connectivity index (χ4v) is 24.0. The topological polar surface area (TPSA) is 177 Å². The third kappa shape index (κ3) is 21.8. The summed E-state index contributed by atoms with van der Waals surface area (Å²) in [6.07, 6.45) is 21.6. The van der Waals surface area contributed by atoms with Crippen molar-refractivity contribution >= 4 is 160 Å². The molecule has 2 aliphatic heterocycles.